The molecule has 1 saturated heterocycles. The molecule has 0 radical (unpaired) electrons. The minimum absolute atomic E-state index is 0.0925. The van der Waals surface area contributed by atoms with Crippen molar-refractivity contribution in [3.05, 3.63) is 47.0 Å². The molecule has 1 aliphatic heterocycles. The molecule has 5 nitrogen and oxygen atoms in total. The van der Waals surface area contributed by atoms with Gasteiger partial charge in [-0.2, -0.15) is 0 Å². The molecule has 0 unspecified atom stereocenters. The topological polar surface area (TPSA) is 45.7 Å². The molecule has 8 heteroatoms. The highest BCUT2D eigenvalue weighted by Crippen LogP contribution is 2.38. The lowest BCUT2D eigenvalue weighted by molar-refractivity contribution is 0.0746. The smallest absolute Gasteiger partial charge is 0.254 e. The molecule has 0 aliphatic carbocycles. The molecule has 30 heavy (non-hydrogen) atoms. The number of ether oxygens (including phenoxy) is 1. The van der Waals surface area contributed by atoms with E-state index in [2.05, 4.69) is 24.8 Å². The van der Waals surface area contributed by atoms with E-state index in [1.54, 1.807) is 30.2 Å². The van der Waals surface area contributed by atoms with Gasteiger partial charge in [0.2, 0.25) is 0 Å². The van der Waals surface area contributed by atoms with Crippen LogP contribution in [0.3, 0.4) is 0 Å². The molecule has 1 fully saturated rings. The molecule has 0 atom stereocenters. The minimum atomic E-state index is 0.0925. The van der Waals surface area contributed by atoms with Gasteiger partial charge in [0.1, 0.15) is 11.3 Å². The van der Waals surface area contributed by atoms with Gasteiger partial charge in [-0.25, -0.2) is 4.98 Å². The van der Waals surface area contributed by atoms with Crippen molar-refractivity contribution in [2.75, 3.05) is 38.2 Å². The number of carbonyl (C=O) groups excluding carboxylic acids is 1. The van der Waals surface area contributed by atoms with Gasteiger partial charge in [0, 0.05) is 41.9 Å². The van der Waals surface area contributed by atoms with Crippen LogP contribution in [0.5, 0.6) is 5.75 Å². The molecule has 0 N–H and O–H groups in total. The predicted molar refractivity (Wildman–Crippen MR) is 127 cm³/mol. The zero-order valence-electron chi connectivity index (χ0n) is 17.2. The second-order valence-corrected chi connectivity index (χ2v) is 10.4. The van der Waals surface area contributed by atoms with Gasteiger partial charge in [0.05, 0.1) is 16.8 Å². The number of methoxy groups -OCH3 is 1. The molecule has 1 aliphatic rings. The Morgan fingerprint density at radius 1 is 1.20 bits per heavy atom. The highest BCUT2D eigenvalue weighted by molar-refractivity contribution is 7.99. The number of aromatic nitrogens is 1. The molecule has 3 aromatic rings. The van der Waals surface area contributed by atoms with Crippen LogP contribution >= 0.6 is 34.7 Å². The minimum Gasteiger partial charge on any atom is -0.494 e. The number of hydrogen-bond donors (Lipinski definition) is 0. The number of anilines is 1. The zero-order valence-corrected chi connectivity index (χ0v) is 19.6. The fourth-order valence-electron chi connectivity index (χ4n) is 3.50. The highest BCUT2D eigenvalue weighted by atomic mass is 35.5. The normalized spacial score (nSPS) is 14.6. The second kappa shape index (κ2) is 9.04. The number of piperazine rings is 1. The number of amides is 1. The van der Waals surface area contributed by atoms with Crippen molar-refractivity contribution in [2.45, 2.75) is 24.0 Å². The molecule has 1 aromatic heterocycles. The van der Waals surface area contributed by atoms with E-state index in [1.807, 2.05) is 35.2 Å². The van der Waals surface area contributed by atoms with Gasteiger partial charge in [-0.15, -0.1) is 11.8 Å². The van der Waals surface area contributed by atoms with E-state index >= 15 is 0 Å². The quantitative estimate of drug-likeness (QED) is 0.474. The second-order valence-electron chi connectivity index (χ2n) is 7.40. The summed E-state index contributed by atoms with van der Waals surface area (Å²) in [5.41, 5.74) is 1.55. The van der Waals surface area contributed by atoms with E-state index < -0.39 is 0 Å². The van der Waals surface area contributed by atoms with Gasteiger partial charge >= 0.3 is 0 Å². The average Bonchev–Trinajstić information content (AvgIpc) is 3.20. The average molecular weight is 462 g/mol. The molecule has 0 bridgehead atoms. The fourth-order valence-corrected chi connectivity index (χ4v) is 5.70. The summed E-state index contributed by atoms with van der Waals surface area (Å²) < 4.78 is 6.36. The Balaban J connectivity index is 1.46. The SMILES string of the molecule is COc1ccc(Cl)c2sc(N3CCN(C(=O)c4cccc(SC(C)C)c4)CC3)nc12. The van der Waals surface area contributed by atoms with Crippen molar-refractivity contribution in [3.63, 3.8) is 0 Å². The third kappa shape index (κ3) is 4.38. The van der Waals surface area contributed by atoms with Crippen molar-refractivity contribution in [2.24, 2.45) is 0 Å². The van der Waals surface area contributed by atoms with Crippen LogP contribution in [-0.4, -0.2) is 54.3 Å². The summed E-state index contributed by atoms with van der Waals surface area (Å²) in [6.45, 7) is 7.13. The van der Waals surface area contributed by atoms with Crippen LogP contribution in [0.1, 0.15) is 24.2 Å². The molecular weight excluding hydrogens is 438 g/mol. The van der Waals surface area contributed by atoms with E-state index in [1.165, 1.54) is 0 Å². The molecule has 0 spiro atoms. The number of rotatable bonds is 5. The largest absolute Gasteiger partial charge is 0.494 e. The van der Waals surface area contributed by atoms with Gasteiger partial charge in [-0.1, -0.05) is 42.9 Å². The summed E-state index contributed by atoms with van der Waals surface area (Å²) in [5, 5.41) is 2.08. The van der Waals surface area contributed by atoms with Crippen LogP contribution < -0.4 is 9.64 Å². The number of nitrogens with zero attached hydrogens (tertiary/aromatic N) is 3. The van der Waals surface area contributed by atoms with Gasteiger partial charge in [-0.3, -0.25) is 4.79 Å². The van der Waals surface area contributed by atoms with Crippen molar-refractivity contribution >= 4 is 56.0 Å². The lowest BCUT2D eigenvalue weighted by atomic mass is 10.2. The van der Waals surface area contributed by atoms with Gasteiger partial charge in [0.15, 0.2) is 5.13 Å². The maximum Gasteiger partial charge on any atom is 0.254 e. The standard InChI is InChI=1S/C22H24ClN3O2S2/c1-14(2)29-16-6-4-5-15(13-16)21(27)25-9-11-26(12-10-25)22-24-19-18(28-3)8-7-17(23)20(19)30-22/h4-8,13-14H,9-12H2,1-3H3. The van der Waals surface area contributed by atoms with Crippen LogP contribution in [0.2, 0.25) is 5.02 Å². The Labute approximate surface area is 190 Å². The summed E-state index contributed by atoms with van der Waals surface area (Å²) in [7, 11) is 1.64. The number of thiazole rings is 1. The first kappa shape index (κ1) is 21.3. The zero-order chi connectivity index (χ0) is 21.3. The third-order valence-electron chi connectivity index (χ3n) is 4.96. The molecule has 4 rings (SSSR count). The number of halogens is 1. The molecule has 0 saturated carbocycles. The van der Waals surface area contributed by atoms with Crippen LogP contribution in [0.25, 0.3) is 10.2 Å². The van der Waals surface area contributed by atoms with E-state index in [-0.39, 0.29) is 5.91 Å². The lowest BCUT2D eigenvalue weighted by Gasteiger charge is -2.34. The van der Waals surface area contributed by atoms with Crippen LogP contribution in [0, 0.1) is 0 Å². The summed E-state index contributed by atoms with van der Waals surface area (Å²) in [5.74, 6) is 0.819. The number of thioether (sulfide) groups is 1. The summed E-state index contributed by atoms with van der Waals surface area (Å²) in [6, 6.07) is 11.6. The Bertz CT molecular complexity index is 1060. The first-order chi connectivity index (χ1) is 14.5. The van der Waals surface area contributed by atoms with Crippen LogP contribution in [-0.2, 0) is 0 Å². The van der Waals surface area contributed by atoms with E-state index in [0.29, 0.717) is 23.4 Å². The van der Waals surface area contributed by atoms with E-state index in [4.69, 9.17) is 21.3 Å². The highest BCUT2D eigenvalue weighted by Gasteiger charge is 2.25. The maximum absolute atomic E-state index is 13.0. The Kier molecular flexibility index (Phi) is 6.41. The van der Waals surface area contributed by atoms with Crippen molar-refractivity contribution in [1.29, 1.82) is 0 Å². The first-order valence-electron chi connectivity index (χ1n) is 9.90. The number of carbonyl (C=O) groups is 1. The maximum atomic E-state index is 13.0. The number of benzene rings is 2. The molecule has 2 aromatic carbocycles. The summed E-state index contributed by atoms with van der Waals surface area (Å²) in [6.07, 6.45) is 0. The van der Waals surface area contributed by atoms with Crippen molar-refractivity contribution in [1.82, 2.24) is 9.88 Å². The van der Waals surface area contributed by atoms with E-state index in [9.17, 15) is 4.79 Å². The van der Waals surface area contributed by atoms with Gasteiger partial charge in [-0.05, 0) is 30.3 Å². The molecule has 158 valence electrons. The molecular formula is C22H24ClN3O2S2. The third-order valence-corrected chi connectivity index (χ3v) is 7.53. The van der Waals surface area contributed by atoms with Gasteiger partial charge < -0.3 is 14.5 Å². The first-order valence-corrected chi connectivity index (χ1v) is 12.0. The van der Waals surface area contributed by atoms with Crippen molar-refractivity contribution < 1.29 is 9.53 Å². The Morgan fingerprint density at radius 3 is 2.67 bits per heavy atom. The summed E-state index contributed by atoms with van der Waals surface area (Å²) >= 11 is 9.70. The summed E-state index contributed by atoms with van der Waals surface area (Å²) in [4.78, 5) is 23.0. The Morgan fingerprint density at radius 2 is 1.97 bits per heavy atom. The molecule has 2 heterocycles. The predicted octanol–water partition coefficient (Wildman–Crippen LogP) is 5.42. The van der Waals surface area contributed by atoms with Gasteiger partial charge in [0.25, 0.3) is 5.91 Å². The van der Waals surface area contributed by atoms with Crippen molar-refractivity contribution in [3.8, 4) is 5.75 Å². The number of fused-ring (bicyclic) bond motifs is 1. The van der Waals surface area contributed by atoms with E-state index in [0.717, 1.165) is 44.6 Å². The van der Waals surface area contributed by atoms with Crippen LogP contribution in [0.4, 0.5) is 5.13 Å². The number of hydrogen-bond acceptors (Lipinski definition) is 6. The Hall–Kier alpha value is -1.96. The molecule has 1 amide bonds. The lowest BCUT2D eigenvalue weighted by Crippen LogP contribution is -2.48. The van der Waals surface area contributed by atoms with Crippen LogP contribution in [0.15, 0.2) is 41.3 Å². The fraction of sp³-hybridized carbons (Fsp3) is 0.364. The monoisotopic (exact) mass is 461 g/mol.